The van der Waals surface area contributed by atoms with Crippen molar-refractivity contribution in [2.75, 3.05) is 5.32 Å². The quantitative estimate of drug-likeness (QED) is 0.690. The lowest BCUT2D eigenvalue weighted by molar-refractivity contribution is -0.0497. The van der Waals surface area contributed by atoms with Crippen LogP contribution < -0.4 is 10.1 Å². The summed E-state index contributed by atoms with van der Waals surface area (Å²) in [6, 6.07) is 13.5. The molecule has 7 heteroatoms. The topological polar surface area (TPSA) is 43.3 Å². The highest BCUT2D eigenvalue weighted by molar-refractivity contribution is 9.10. The molecule has 1 N–H and O–H groups in total. The molecule has 0 atom stereocenters. The first-order valence-electron chi connectivity index (χ1n) is 7.06. The van der Waals surface area contributed by atoms with E-state index in [2.05, 4.69) is 26.0 Å². The predicted octanol–water partition coefficient (Wildman–Crippen LogP) is 4.79. The van der Waals surface area contributed by atoms with Crippen LogP contribution in [0.25, 0.3) is 10.9 Å². The summed E-state index contributed by atoms with van der Waals surface area (Å²) in [7, 11) is 1.79. The second-order valence-electron chi connectivity index (χ2n) is 5.10. The van der Waals surface area contributed by atoms with Crippen LogP contribution in [0.4, 0.5) is 14.5 Å². The van der Waals surface area contributed by atoms with Crippen molar-refractivity contribution in [2.45, 2.75) is 6.61 Å². The number of nitrogens with zero attached hydrogens (tertiary/aromatic N) is 1. The standard InChI is InChI=1S/C17H13BrF2N2O2/c1-22-13-8-3-2-7-12(13)14(18)15(22)16(23)21-10-5-4-6-11(9-10)24-17(19)20/h2-9,17H,1H3,(H,21,23). The number of alkyl halides is 2. The lowest BCUT2D eigenvalue weighted by Gasteiger charge is -2.09. The average Bonchev–Trinajstić information content (AvgIpc) is 2.79. The van der Waals surface area contributed by atoms with Crippen LogP contribution in [0.2, 0.25) is 0 Å². The van der Waals surface area contributed by atoms with E-state index < -0.39 is 6.61 Å². The van der Waals surface area contributed by atoms with E-state index in [1.54, 1.807) is 17.7 Å². The summed E-state index contributed by atoms with van der Waals surface area (Å²) in [5.41, 5.74) is 1.72. The van der Waals surface area contributed by atoms with Gasteiger partial charge in [0, 0.05) is 29.7 Å². The van der Waals surface area contributed by atoms with Gasteiger partial charge in [-0.1, -0.05) is 24.3 Å². The van der Waals surface area contributed by atoms with Gasteiger partial charge in [-0.3, -0.25) is 4.79 Å². The molecule has 1 heterocycles. The molecule has 0 aliphatic rings. The zero-order chi connectivity index (χ0) is 17.3. The number of amides is 1. The molecule has 0 spiro atoms. The first-order chi connectivity index (χ1) is 11.5. The van der Waals surface area contributed by atoms with E-state index in [1.807, 2.05) is 24.3 Å². The molecule has 0 saturated heterocycles. The summed E-state index contributed by atoms with van der Waals surface area (Å²) >= 11 is 3.46. The van der Waals surface area contributed by atoms with E-state index in [-0.39, 0.29) is 11.7 Å². The van der Waals surface area contributed by atoms with Crippen LogP contribution in [0.3, 0.4) is 0 Å². The van der Waals surface area contributed by atoms with E-state index in [4.69, 9.17) is 0 Å². The fraction of sp³-hybridized carbons (Fsp3) is 0.118. The number of benzene rings is 2. The fourth-order valence-electron chi connectivity index (χ4n) is 2.54. The Bertz CT molecular complexity index is 870. The van der Waals surface area contributed by atoms with Crippen molar-refractivity contribution in [3.63, 3.8) is 0 Å². The molecule has 1 aromatic heterocycles. The normalized spacial score (nSPS) is 11.0. The fourth-order valence-corrected chi connectivity index (χ4v) is 3.32. The van der Waals surface area contributed by atoms with E-state index in [9.17, 15) is 13.6 Å². The molecule has 0 aliphatic heterocycles. The Labute approximate surface area is 145 Å². The smallest absolute Gasteiger partial charge is 0.387 e. The zero-order valence-electron chi connectivity index (χ0n) is 12.6. The van der Waals surface area contributed by atoms with Crippen molar-refractivity contribution < 1.29 is 18.3 Å². The molecular weight excluding hydrogens is 382 g/mol. The average molecular weight is 395 g/mol. The van der Waals surface area contributed by atoms with Gasteiger partial charge in [0.15, 0.2) is 0 Å². The van der Waals surface area contributed by atoms with E-state index in [0.717, 1.165) is 10.9 Å². The molecule has 1 amide bonds. The summed E-state index contributed by atoms with van der Waals surface area (Å²) < 4.78 is 31.4. The second kappa shape index (κ2) is 6.60. The van der Waals surface area contributed by atoms with Gasteiger partial charge in [-0.2, -0.15) is 8.78 Å². The Morgan fingerprint density at radius 3 is 2.67 bits per heavy atom. The number of ether oxygens (including phenoxy) is 1. The second-order valence-corrected chi connectivity index (χ2v) is 5.89. The van der Waals surface area contributed by atoms with Crippen LogP contribution in [-0.4, -0.2) is 17.1 Å². The molecule has 2 aromatic carbocycles. The van der Waals surface area contributed by atoms with Gasteiger partial charge >= 0.3 is 6.61 Å². The van der Waals surface area contributed by atoms with Gasteiger partial charge in [0.2, 0.25) is 0 Å². The lowest BCUT2D eigenvalue weighted by Crippen LogP contribution is -2.16. The number of nitrogens with one attached hydrogen (secondary N) is 1. The number of carbonyl (C=O) groups is 1. The minimum atomic E-state index is -2.91. The van der Waals surface area contributed by atoms with Crippen LogP contribution in [0, 0.1) is 0 Å². The Balaban J connectivity index is 1.91. The molecule has 3 rings (SSSR count). The maximum atomic E-state index is 12.6. The molecule has 24 heavy (non-hydrogen) atoms. The van der Waals surface area contributed by atoms with Crippen LogP contribution in [0.5, 0.6) is 5.75 Å². The number of halogens is 3. The minimum absolute atomic E-state index is 0.0149. The first kappa shape index (κ1) is 16.4. The highest BCUT2D eigenvalue weighted by Crippen LogP contribution is 2.31. The molecule has 0 radical (unpaired) electrons. The maximum Gasteiger partial charge on any atom is 0.387 e. The van der Waals surface area contributed by atoms with Crippen molar-refractivity contribution in [1.82, 2.24) is 4.57 Å². The largest absolute Gasteiger partial charge is 0.435 e. The SMILES string of the molecule is Cn1c(C(=O)Nc2cccc(OC(F)F)c2)c(Br)c2ccccc21. The van der Waals surface area contributed by atoms with Gasteiger partial charge in [0.05, 0.1) is 4.47 Å². The van der Waals surface area contributed by atoms with Crippen molar-refractivity contribution in [2.24, 2.45) is 7.05 Å². The highest BCUT2D eigenvalue weighted by Gasteiger charge is 2.19. The predicted molar refractivity (Wildman–Crippen MR) is 91.6 cm³/mol. The number of rotatable bonds is 4. The maximum absolute atomic E-state index is 12.6. The number of para-hydroxylation sites is 1. The number of aryl methyl sites for hydroxylation is 1. The van der Waals surface area contributed by atoms with Crippen molar-refractivity contribution in [1.29, 1.82) is 0 Å². The van der Waals surface area contributed by atoms with Crippen LogP contribution in [0.15, 0.2) is 53.0 Å². The monoisotopic (exact) mass is 394 g/mol. The van der Waals surface area contributed by atoms with Crippen LogP contribution in [0.1, 0.15) is 10.5 Å². The summed E-state index contributed by atoms with van der Waals surface area (Å²) in [5, 5.41) is 3.62. The molecular formula is C17H13BrF2N2O2. The van der Waals surface area contributed by atoms with E-state index in [1.165, 1.54) is 18.2 Å². The molecule has 4 nitrogen and oxygen atoms in total. The van der Waals surface area contributed by atoms with E-state index in [0.29, 0.717) is 15.9 Å². The van der Waals surface area contributed by atoms with Crippen LogP contribution >= 0.6 is 15.9 Å². The highest BCUT2D eigenvalue weighted by atomic mass is 79.9. The van der Waals surface area contributed by atoms with Crippen molar-refractivity contribution >= 4 is 38.4 Å². The first-order valence-corrected chi connectivity index (χ1v) is 7.86. The summed E-state index contributed by atoms with van der Waals surface area (Å²) in [6.45, 7) is -2.91. The molecule has 0 bridgehead atoms. The van der Waals surface area contributed by atoms with Gasteiger partial charge in [-0.15, -0.1) is 0 Å². The molecule has 3 aromatic rings. The van der Waals surface area contributed by atoms with Crippen molar-refractivity contribution in [3.8, 4) is 5.75 Å². The van der Waals surface area contributed by atoms with Gasteiger partial charge < -0.3 is 14.6 Å². The zero-order valence-corrected chi connectivity index (χ0v) is 14.2. The number of hydrogen-bond donors (Lipinski definition) is 1. The molecule has 124 valence electrons. The summed E-state index contributed by atoms with van der Waals surface area (Å²) in [5.74, 6) is -0.367. The molecule has 0 saturated carbocycles. The Hall–Kier alpha value is -2.41. The van der Waals surface area contributed by atoms with Gasteiger partial charge in [-0.25, -0.2) is 0 Å². The third-order valence-corrected chi connectivity index (χ3v) is 4.38. The number of carbonyl (C=O) groups excluding carboxylic acids is 1. The summed E-state index contributed by atoms with van der Waals surface area (Å²) in [4.78, 5) is 12.6. The third-order valence-electron chi connectivity index (χ3n) is 3.58. The number of aromatic nitrogens is 1. The van der Waals surface area contributed by atoms with Gasteiger partial charge in [0.25, 0.3) is 5.91 Å². The Morgan fingerprint density at radius 1 is 1.21 bits per heavy atom. The number of anilines is 1. The molecule has 0 aliphatic carbocycles. The molecule has 0 unspecified atom stereocenters. The Morgan fingerprint density at radius 2 is 1.96 bits per heavy atom. The third kappa shape index (κ3) is 3.12. The van der Waals surface area contributed by atoms with Gasteiger partial charge in [-0.05, 0) is 34.1 Å². The van der Waals surface area contributed by atoms with Crippen molar-refractivity contribution in [3.05, 3.63) is 58.7 Å². The van der Waals surface area contributed by atoms with E-state index >= 15 is 0 Å². The van der Waals surface area contributed by atoms with Crippen LogP contribution in [-0.2, 0) is 7.05 Å². The van der Waals surface area contributed by atoms with Gasteiger partial charge in [0.1, 0.15) is 11.4 Å². The minimum Gasteiger partial charge on any atom is -0.435 e. The molecule has 0 fully saturated rings. The lowest BCUT2D eigenvalue weighted by atomic mass is 10.2. The number of fused-ring (bicyclic) bond motifs is 1. The summed E-state index contributed by atoms with van der Waals surface area (Å²) in [6.07, 6.45) is 0. The Kier molecular flexibility index (Phi) is 4.53. The number of hydrogen-bond acceptors (Lipinski definition) is 2.